The fourth-order valence-electron chi connectivity index (χ4n) is 1.57. The van der Waals surface area contributed by atoms with Gasteiger partial charge in [0, 0.05) is 17.4 Å². The number of carbonyl (C=O) groups is 1. The summed E-state index contributed by atoms with van der Waals surface area (Å²) in [5, 5.41) is 0. The number of hydrogen-bond donors (Lipinski definition) is 1. The second-order valence-electron chi connectivity index (χ2n) is 6.14. The van der Waals surface area contributed by atoms with Gasteiger partial charge in [0.25, 0.3) is 0 Å². The quantitative estimate of drug-likeness (QED) is 0.906. The van der Waals surface area contributed by atoms with Crippen LogP contribution in [0.25, 0.3) is 0 Å². The zero-order valence-corrected chi connectivity index (χ0v) is 12.5. The van der Waals surface area contributed by atoms with Crippen molar-refractivity contribution >= 4 is 5.78 Å². The second kappa shape index (κ2) is 5.67. The minimum Gasteiger partial charge on any atom is -0.406 e. The van der Waals surface area contributed by atoms with Gasteiger partial charge in [0.1, 0.15) is 11.5 Å². The van der Waals surface area contributed by atoms with Crippen LogP contribution in [0, 0.1) is 5.41 Å². The van der Waals surface area contributed by atoms with Gasteiger partial charge in [0.15, 0.2) is 0 Å². The van der Waals surface area contributed by atoms with Crippen molar-refractivity contribution in [2.45, 2.75) is 46.0 Å². The number of carbonyl (C=O) groups excluding carboxylic acids is 1. The van der Waals surface area contributed by atoms with Crippen LogP contribution in [0.1, 0.15) is 33.3 Å². The normalized spacial score (nSPS) is 13.1. The Labute approximate surface area is 122 Å². The molecule has 0 aliphatic carbocycles. The fraction of sp³-hybridized carbons (Fsp3) is 0.533. The van der Waals surface area contributed by atoms with Gasteiger partial charge >= 0.3 is 6.36 Å². The summed E-state index contributed by atoms with van der Waals surface area (Å²) in [5.41, 5.74) is 5.18. The Kier molecular flexibility index (Phi) is 4.73. The lowest BCUT2D eigenvalue weighted by molar-refractivity contribution is -0.274. The first-order chi connectivity index (χ1) is 9.33. The van der Waals surface area contributed by atoms with Gasteiger partial charge in [0.2, 0.25) is 0 Å². The molecular formula is C15H20F3NO2. The largest absolute Gasteiger partial charge is 0.573 e. The average Bonchev–Trinajstić information content (AvgIpc) is 2.28. The van der Waals surface area contributed by atoms with E-state index in [1.807, 2.05) is 0 Å². The van der Waals surface area contributed by atoms with Gasteiger partial charge in [-0.05, 0) is 31.5 Å². The molecule has 118 valence electrons. The molecule has 0 aromatic heterocycles. The highest BCUT2D eigenvalue weighted by Crippen LogP contribution is 2.31. The number of benzene rings is 1. The Bertz CT molecular complexity index is 499. The van der Waals surface area contributed by atoms with Crippen molar-refractivity contribution in [3.63, 3.8) is 0 Å². The number of Topliss-reactive ketones (excluding diaryl/α,β-unsaturated/α-hetero) is 1. The van der Waals surface area contributed by atoms with Crippen molar-refractivity contribution in [1.29, 1.82) is 0 Å². The molecule has 3 nitrogen and oxygen atoms in total. The molecule has 21 heavy (non-hydrogen) atoms. The maximum atomic E-state index is 12.3. The molecule has 0 aliphatic heterocycles. The number of hydrogen-bond acceptors (Lipinski definition) is 3. The first kappa shape index (κ1) is 17.5. The lowest BCUT2D eigenvalue weighted by Gasteiger charge is -2.37. The Morgan fingerprint density at radius 1 is 1.10 bits per heavy atom. The van der Waals surface area contributed by atoms with Crippen molar-refractivity contribution < 1.29 is 22.7 Å². The number of alkyl halides is 3. The highest BCUT2D eigenvalue weighted by molar-refractivity contribution is 5.87. The molecule has 0 heterocycles. The minimum atomic E-state index is -4.72. The maximum Gasteiger partial charge on any atom is 0.573 e. The number of halogens is 3. The van der Waals surface area contributed by atoms with Crippen LogP contribution in [-0.2, 0) is 11.2 Å². The molecule has 0 unspecified atom stereocenters. The van der Waals surface area contributed by atoms with E-state index in [1.165, 1.54) is 24.3 Å². The highest BCUT2D eigenvalue weighted by atomic mass is 19.4. The lowest BCUT2D eigenvalue weighted by atomic mass is 9.71. The Morgan fingerprint density at radius 2 is 1.57 bits per heavy atom. The molecule has 0 atom stereocenters. The van der Waals surface area contributed by atoms with Gasteiger partial charge in [-0.2, -0.15) is 0 Å². The molecule has 0 spiro atoms. The topological polar surface area (TPSA) is 52.3 Å². The van der Waals surface area contributed by atoms with Crippen molar-refractivity contribution in [3.05, 3.63) is 29.8 Å². The van der Waals surface area contributed by atoms with E-state index in [9.17, 15) is 18.0 Å². The third-order valence-corrected chi connectivity index (χ3v) is 3.83. The third-order valence-electron chi connectivity index (χ3n) is 3.83. The zero-order chi connectivity index (χ0) is 16.5. The van der Waals surface area contributed by atoms with Crippen LogP contribution in [0.5, 0.6) is 5.75 Å². The van der Waals surface area contributed by atoms with E-state index in [1.54, 1.807) is 27.7 Å². The van der Waals surface area contributed by atoms with Crippen molar-refractivity contribution in [2.24, 2.45) is 11.1 Å². The van der Waals surface area contributed by atoms with E-state index in [0.29, 0.717) is 5.56 Å². The molecule has 0 bridgehead atoms. The first-order valence-electron chi connectivity index (χ1n) is 6.50. The number of rotatable bonds is 5. The van der Waals surface area contributed by atoms with Gasteiger partial charge in [-0.25, -0.2) is 0 Å². The summed E-state index contributed by atoms with van der Waals surface area (Å²) in [5.74, 6) is -0.378. The lowest BCUT2D eigenvalue weighted by Crippen LogP contribution is -2.52. The molecule has 1 aromatic rings. The van der Waals surface area contributed by atoms with E-state index in [2.05, 4.69) is 4.74 Å². The van der Waals surface area contributed by atoms with Gasteiger partial charge in [-0.3, -0.25) is 4.79 Å². The van der Waals surface area contributed by atoms with Crippen LogP contribution in [0.2, 0.25) is 0 Å². The standard InChI is InChI=1S/C15H20F3NO2/c1-13(2,14(3,4)19)12(20)9-10-5-7-11(8-6-10)21-15(16,17)18/h5-8H,9,19H2,1-4H3. The molecule has 0 saturated carbocycles. The van der Waals surface area contributed by atoms with E-state index in [0.717, 1.165) is 0 Å². The first-order valence-corrected chi connectivity index (χ1v) is 6.50. The smallest absolute Gasteiger partial charge is 0.406 e. The van der Waals surface area contributed by atoms with Crippen molar-refractivity contribution in [2.75, 3.05) is 0 Å². The zero-order valence-electron chi connectivity index (χ0n) is 12.5. The summed E-state index contributed by atoms with van der Waals surface area (Å²) in [7, 11) is 0. The van der Waals surface area contributed by atoms with Crippen molar-refractivity contribution in [3.8, 4) is 5.75 Å². The molecule has 0 amide bonds. The van der Waals surface area contributed by atoms with Gasteiger partial charge in [0.05, 0.1) is 0 Å². The van der Waals surface area contributed by atoms with Gasteiger partial charge < -0.3 is 10.5 Å². The fourth-order valence-corrected chi connectivity index (χ4v) is 1.57. The van der Waals surface area contributed by atoms with Crippen LogP contribution < -0.4 is 10.5 Å². The van der Waals surface area contributed by atoms with Crippen molar-refractivity contribution in [1.82, 2.24) is 0 Å². The van der Waals surface area contributed by atoms with E-state index < -0.39 is 17.3 Å². The Morgan fingerprint density at radius 3 is 1.95 bits per heavy atom. The van der Waals surface area contributed by atoms with Gasteiger partial charge in [-0.15, -0.1) is 13.2 Å². The monoisotopic (exact) mass is 303 g/mol. The summed E-state index contributed by atoms with van der Waals surface area (Å²) < 4.78 is 39.9. The second-order valence-corrected chi connectivity index (χ2v) is 6.14. The predicted molar refractivity (Wildman–Crippen MR) is 73.9 cm³/mol. The molecule has 2 N–H and O–H groups in total. The third kappa shape index (κ3) is 4.74. The molecule has 0 fully saturated rings. The average molecular weight is 303 g/mol. The van der Waals surface area contributed by atoms with Crippen LogP contribution in [-0.4, -0.2) is 17.7 Å². The van der Waals surface area contributed by atoms with Gasteiger partial charge in [-0.1, -0.05) is 26.0 Å². The summed E-state index contributed by atoms with van der Waals surface area (Å²) >= 11 is 0. The Balaban J connectivity index is 2.79. The predicted octanol–water partition coefficient (Wildman–Crippen LogP) is 3.46. The van der Waals surface area contributed by atoms with E-state index in [4.69, 9.17) is 5.73 Å². The maximum absolute atomic E-state index is 12.3. The van der Waals surface area contributed by atoms with Crippen LogP contribution >= 0.6 is 0 Å². The molecule has 0 radical (unpaired) electrons. The molecule has 0 saturated heterocycles. The van der Waals surface area contributed by atoms with E-state index >= 15 is 0 Å². The number of ketones is 1. The highest BCUT2D eigenvalue weighted by Gasteiger charge is 2.39. The minimum absolute atomic E-state index is 0.0699. The number of ether oxygens (including phenoxy) is 1. The van der Waals surface area contributed by atoms with Crippen LogP contribution in [0.3, 0.4) is 0 Å². The summed E-state index contributed by atoms with van der Waals surface area (Å²) in [6.07, 6.45) is -4.61. The molecule has 6 heteroatoms. The van der Waals surface area contributed by atoms with Crippen LogP contribution in [0.15, 0.2) is 24.3 Å². The molecular weight excluding hydrogens is 283 g/mol. The summed E-state index contributed by atoms with van der Waals surface area (Å²) in [6.45, 7) is 7.06. The molecule has 1 aromatic carbocycles. The summed E-state index contributed by atoms with van der Waals surface area (Å²) in [4.78, 5) is 12.3. The number of nitrogens with two attached hydrogens (primary N) is 1. The Hall–Kier alpha value is -1.56. The molecule has 0 aliphatic rings. The molecule has 1 rings (SSSR count). The van der Waals surface area contributed by atoms with E-state index in [-0.39, 0.29) is 18.0 Å². The SMILES string of the molecule is CC(C)(N)C(C)(C)C(=O)Cc1ccc(OC(F)(F)F)cc1. The van der Waals surface area contributed by atoms with Crippen LogP contribution in [0.4, 0.5) is 13.2 Å². The summed E-state index contributed by atoms with van der Waals surface area (Å²) in [6, 6.07) is 5.27.